The minimum atomic E-state index is 0.922. The third-order valence-electron chi connectivity index (χ3n) is 5.00. The van der Waals surface area contributed by atoms with E-state index in [1.165, 1.54) is 89.0 Å². The van der Waals surface area contributed by atoms with E-state index in [4.69, 9.17) is 0 Å². The molecular formula is C23H41N2Si. The quantitative estimate of drug-likeness (QED) is 0.245. The molecule has 1 aromatic rings. The van der Waals surface area contributed by atoms with Gasteiger partial charge in [0.25, 0.3) is 0 Å². The fraction of sp³-hybridized carbons (Fsp3) is 0.739. The monoisotopic (exact) mass is 373 g/mol. The van der Waals surface area contributed by atoms with Crippen LogP contribution in [0.25, 0.3) is 0 Å². The largest absolute Gasteiger partial charge is 0.320 e. The first-order chi connectivity index (χ1) is 12.9. The van der Waals surface area contributed by atoms with Crippen LogP contribution < -0.4 is 10.6 Å². The molecule has 0 aliphatic heterocycles. The third-order valence-corrected chi connectivity index (χ3v) is 5.25. The van der Waals surface area contributed by atoms with Gasteiger partial charge in [-0.15, -0.1) is 0 Å². The second kappa shape index (κ2) is 19.1. The smallest absolute Gasteiger partial charge is 0.0428 e. The molecule has 26 heavy (non-hydrogen) atoms. The highest BCUT2D eigenvalue weighted by molar-refractivity contribution is 6.08. The first kappa shape index (κ1) is 23.4. The summed E-state index contributed by atoms with van der Waals surface area (Å²) in [7, 11) is 3.44. The molecule has 0 spiro atoms. The van der Waals surface area contributed by atoms with Crippen LogP contribution in [0.15, 0.2) is 30.3 Å². The van der Waals surface area contributed by atoms with E-state index in [1.54, 1.807) is 0 Å². The van der Waals surface area contributed by atoms with E-state index < -0.39 is 0 Å². The summed E-state index contributed by atoms with van der Waals surface area (Å²) in [6.45, 7) is 3.32. The lowest BCUT2D eigenvalue weighted by atomic mass is 10.0. The minimum Gasteiger partial charge on any atom is -0.320 e. The number of hydrogen-bond acceptors (Lipinski definition) is 2. The van der Waals surface area contributed by atoms with Crippen LogP contribution in [0.1, 0.15) is 89.0 Å². The molecule has 2 nitrogen and oxygen atoms in total. The number of nitrogens with one attached hydrogen (secondary N) is 2. The van der Waals surface area contributed by atoms with Gasteiger partial charge in [0.1, 0.15) is 0 Å². The average molecular weight is 374 g/mol. The van der Waals surface area contributed by atoms with Crippen LogP contribution >= 0.6 is 0 Å². The molecule has 0 fully saturated rings. The molecule has 0 saturated carbocycles. The molecule has 0 aliphatic carbocycles. The van der Waals surface area contributed by atoms with Crippen molar-refractivity contribution in [2.24, 2.45) is 0 Å². The van der Waals surface area contributed by atoms with Crippen molar-refractivity contribution in [3.05, 3.63) is 35.9 Å². The van der Waals surface area contributed by atoms with Gasteiger partial charge in [0.05, 0.1) is 0 Å². The van der Waals surface area contributed by atoms with E-state index >= 15 is 0 Å². The van der Waals surface area contributed by atoms with Crippen molar-refractivity contribution in [2.45, 2.75) is 90.0 Å². The summed E-state index contributed by atoms with van der Waals surface area (Å²) >= 11 is 0. The molecule has 3 heteroatoms. The summed E-state index contributed by atoms with van der Waals surface area (Å²) in [4.78, 5) is 0. The van der Waals surface area contributed by atoms with Crippen molar-refractivity contribution in [3.8, 4) is 0 Å². The predicted octanol–water partition coefficient (Wildman–Crippen LogP) is 5.56. The van der Waals surface area contributed by atoms with Gasteiger partial charge in [-0.1, -0.05) is 101 Å². The van der Waals surface area contributed by atoms with Crippen molar-refractivity contribution in [2.75, 3.05) is 19.3 Å². The predicted molar refractivity (Wildman–Crippen MR) is 117 cm³/mol. The van der Waals surface area contributed by atoms with Gasteiger partial charge in [-0.2, -0.15) is 0 Å². The van der Waals surface area contributed by atoms with Gasteiger partial charge in [-0.3, -0.25) is 0 Å². The Bertz CT molecular complexity index is 383. The van der Waals surface area contributed by atoms with E-state index in [2.05, 4.69) is 51.2 Å². The maximum atomic E-state index is 3.55. The zero-order valence-corrected chi connectivity index (χ0v) is 17.9. The molecule has 0 atom stereocenters. The van der Waals surface area contributed by atoms with Crippen LogP contribution in [0.3, 0.4) is 0 Å². The normalized spacial score (nSPS) is 11.1. The first-order valence-electron chi connectivity index (χ1n) is 11.0. The number of hydrogen-bond donors (Lipinski definition) is 2. The van der Waals surface area contributed by atoms with Gasteiger partial charge in [-0.25, -0.2) is 0 Å². The molecule has 1 rings (SSSR count). The molecular weight excluding hydrogens is 332 g/mol. The zero-order chi connectivity index (χ0) is 18.5. The van der Waals surface area contributed by atoms with Gasteiger partial charge in [0.2, 0.25) is 0 Å². The molecule has 2 N–H and O–H groups in total. The van der Waals surface area contributed by atoms with Crippen molar-refractivity contribution >= 4 is 10.2 Å². The van der Waals surface area contributed by atoms with Gasteiger partial charge < -0.3 is 10.6 Å². The lowest BCUT2D eigenvalue weighted by Gasteiger charge is -2.05. The summed E-state index contributed by atoms with van der Waals surface area (Å²) in [5, 5.41) is 6.86. The summed E-state index contributed by atoms with van der Waals surface area (Å²) < 4.78 is 0. The molecule has 0 aliphatic rings. The minimum absolute atomic E-state index is 0.922. The summed E-state index contributed by atoms with van der Waals surface area (Å²) in [6, 6.07) is 10.7. The fourth-order valence-corrected chi connectivity index (χ4v) is 3.54. The van der Waals surface area contributed by atoms with Crippen LogP contribution in [-0.2, 0) is 6.54 Å². The van der Waals surface area contributed by atoms with Crippen LogP contribution in [0.5, 0.6) is 0 Å². The molecule has 0 amide bonds. The Morgan fingerprint density at radius 1 is 0.538 bits per heavy atom. The highest BCUT2D eigenvalue weighted by Gasteiger charge is 1.95. The lowest BCUT2D eigenvalue weighted by molar-refractivity contribution is 0.528. The van der Waals surface area contributed by atoms with Crippen molar-refractivity contribution in [3.63, 3.8) is 0 Å². The molecule has 0 unspecified atom stereocenters. The van der Waals surface area contributed by atoms with Crippen LogP contribution in [0.4, 0.5) is 0 Å². The van der Waals surface area contributed by atoms with E-state index in [9.17, 15) is 0 Å². The number of rotatable bonds is 19. The molecule has 147 valence electrons. The van der Waals surface area contributed by atoms with Crippen molar-refractivity contribution in [1.29, 1.82) is 0 Å². The Kier molecular flexibility index (Phi) is 17.2. The Morgan fingerprint density at radius 3 is 1.42 bits per heavy atom. The van der Waals surface area contributed by atoms with Gasteiger partial charge in [0, 0.05) is 16.8 Å². The zero-order valence-electron chi connectivity index (χ0n) is 16.9. The highest BCUT2D eigenvalue weighted by Crippen LogP contribution is 2.12. The van der Waals surface area contributed by atoms with Crippen molar-refractivity contribution in [1.82, 2.24) is 10.6 Å². The molecule has 0 saturated heterocycles. The third kappa shape index (κ3) is 15.6. The maximum absolute atomic E-state index is 3.55. The summed E-state index contributed by atoms with van der Waals surface area (Å²) in [6.07, 6.45) is 19.3. The molecule has 0 bridgehead atoms. The van der Waals surface area contributed by atoms with Gasteiger partial charge in [0.15, 0.2) is 0 Å². The van der Waals surface area contributed by atoms with E-state index in [-0.39, 0.29) is 0 Å². The highest BCUT2D eigenvalue weighted by atomic mass is 28.1. The van der Waals surface area contributed by atoms with Crippen LogP contribution in [0.2, 0.25) is 0 Å². The SMILES string of the molecule is [Si]CNCCCCCCCCCCCCCCCNCc1ccccc1. The van der Waals surface area contributed by atoms with Gasteiger partial charge >= 0.3 is 0 Å². The van der Waals surface area contributed by atoms with Gasteiger partial charge in [-0.05, 0) is 37.7 Å². The standard InChI is InChI=1S/C23H41N2Si/c26-22-25-20-16-11-9-7-5-3-1-2-4-6-8-10-15-19-24-21-23-17-13-12-14-18-23/h12-14,17-18,24-25H,1-11,15-16,19-22H2. The topological polar surface area (TPSA) is 24.1 Å². The van der Waals surface area contributed by atoms with Crippen molar-refractivity contribution < 1.29 is 0 Å². The summed E-state index contributed by atoms with van der Waals surface area (Å²) in [5.41, 5.74) is 1.39. The maximum Gasteiger partial charge on any atom is 0.0428 e. The molecule has 0 heterocycles. The summed E-state index contributed by atoms with van der Waals surface area (Å²) in [5.74, 6) is 0. The van der Waals surface area contributed by atoms with E-state index in [1.807, 2.05) is 0 Å². The average Bonchev–Trinajstić information content (AvgIpc) is 2.68. The Balaban J connectivity index is 1.68. The number of benzene rings is 1. The van der Waals surface area contributed by atoms with Crippen LogP contribution in [0, 0.1) is 0 Å². The Labute approximate surface area is 166 Å². The van der Waals surface area contributed by atoms with E-state index in [0.717, 1.165) is 25.8 Å². The molecule has 1 aromatic carbocycles. The Hall–Kier alpha value is -0.643. The molecule has 0 aromatic heterocycles. The first-order valence-corrected chi connectivity index (χ1v) is 11.7. The van der Waals surface area contributed by atoms with Crippen LogP contribution in [-0.4, -0.2) is 29.5 Å². The van der Waals surface area contributed by atoms with E-state index in [0.29, 0.717) is 0 Å². The molecule has 3 radical (unpaired) electrons. The second-order valence-corrected chi connectivity index (χ2v) is 7.79. The second-order valence-electron chi connectivity index (χ2n) is 7.44. The Morgan fingerprint density at radius 2 is 0.962 bits per heavy atom. The lowest BCUT2D eigenvalue weighted by Crippen LogP contribution is -2.16. The fourth-order valence-electron chi connectivity index (χ4n) is 3.36. The number of unbranched alkanes of at least 4 members (excludes halogenated alkanes) is 12.